The summed E-state index contributed by atoms with van der Waals surface area (Å²) in [7, 11) is 3.83. The second kappa shape index (κ2) is 7.33. The molecule has 0 aliphatic carbocycles. The van der Waals surface area contributed by atoms with Gasteiger partial charge in [0.15, 0.2) is 0 Å². The van der Waals surface area contributed by atoms with E-state index in [-0.39, 0.29) is 18.5 Å². The van der Waals surface area contributed by atoms with E-state index in [0.717, 1.165) is 13.0 Å². The Morgan fingerprint density at radius 1 is 1.53 bits per heavy atom. The first-order chi connectivity index (χ1) is 8.93. The third kappa shape index (κ3) is 5.06. The van der Waals surface area contributed by atoms with Crippen LogP contribution < -0.4 is 5.32 Å². The Kier molecular flexibility index (Phi) is 6.08. The molecule has 0 saturated carbocycles. The summed E-state index contributed by atoms with van der Waals surface area (Å²) in [6.07, 6.45) is 2.88. The van der Waals surface area contributed by atoms with Crippen LogP contribution in [0.25, 0.3) is 0 Å². The number of carbonyl (C=O) groups is 2. The largest absolute Gasteiger partial charge is 0.481 e. The first-order valence-electron chi connectivity index (χ1n) is 6.87. The fourth-order valence-electron chi connectivity index (χ4n) is 2.40. The molecule has 110 valence electrons. The second-order valence-electron chi connectivity index (χ2n) is 5.31. The maximum atomic E-state index is 12.0. The summed E-state index contributed by atoms with van der Waals surface area (Å²) >= 11 is 0. The topological polar surface area (TPSA) is 72.9 Å². The number of carbonyl (C=O) groups excluding carboxylic acids is 1. The van der Waals surface area contributed by atoms with Crippen molar-refractivity contribution >= 4 is 12.0 Å². The van der Waals surface area contributed by atoms with E-state index in [2.05, 4.69) is 17.3 Å². The smallest absolute Gasteiger partial charge is 0.317 e. The van der Waals surface area contributed by atoms with Crippen molar-refractivity contribution in [3.63, 3.8) is 0 Å². The van der Waals surface area contributed by atoms with Gasteiger partial charge in [-0.1, -0.05) is 6.92 Å². The van der Waals surface area contributed by atoms with Crippen LogP contribution in [-0.4, -0.2) is 66.2 Å². The van der Waals surface area contributed by atoms with Crippen molar-refractivity contribution in [1.82, 2.24) is 15.1 Å². The molecule has 1 aliphatic rings. The number of nitrogens with one attached hydrogen (secondary N) is 1. The van der Waals surface area contributed by atoms with E-state index in [9.17, 15) is 9.59 Å². The van der Waals surface area contributed by atoms with E-state index in [1.807, 2.05) is 6.92 Å². The van der Waals surface area contributed by atoms with E-state index in [4.69, 9.17) is 5.11 Å². The van der Waals surface area contributed by atoms with Gasteiger partial charge in [-0.3, -0.25) is 4.79 Å². The van der Waals surface area contributed by atoms with E-state index < -0.39 is 5.97 Å². The number of nitrogens with zero attached hydrogens (tertiary/aromatic N) is 2. The number of carboxylic acid groups (broad SMARTS) is 1. The summed E-state index contributed by atoms with van der Waals surface area (Å²) in [4.78, 5) is 26.6. The molecule has 1 rings (SSSR count). The molecule has 2 atom stereocenters. The van der Waals surface area contributed by atoms with Gasteiger partial charge in [0.1, 0.15) is 0 Å². The van der Waals surface area contributed by atoms with Crippen LogP contribution in [0.1, 0.15) is 32.6 Å². The standard InChI is InChI=1S/C13H25N3O3/c1-4-10(8-12(17)18)14-13(19)16(3)9-11-6-5-7-15(11)2/h10-11H,4-9H2,1-3H3,(H,14,19)(H,17,18). The van der Waals surface area contributed by atoms with Crippen LogP contribution in [0.5, 0.6) is 0 Å². The molecule has 6 nitrogen and oxygen atoms in total. The van der Waals surface area contributed by atoms with Crippen molar-refractivity contribution in [2.75, 3.05) is 27.2 Å². The summed E-state index contributed by atoms with van der Waals surface area (Å²) in [5, 5.41) is 11.5. The van der Waals surface area contributed by atoms with Crippen molar-refractivity contribution in [3.05, 3.63) is 0 Å². The third-order valence-electron chi connectivity index (χ3n) is 3.74. The first-order valence-corrected chi connectivity index (χ1v) is 6.87. The van der Waals surface area contributed by atoms with Gasteiger partial charge in [-0.05, 0) is 32.9 Å². The van der Waals surface area contributed by atoms with Gasteiger partial charge in [0.05, 0.1) is 6.42 Å². The first kappa shape index (κ1) is 15.8. The highest BCUT2D eigenvalue weighted by atomic mass is 16.4. The predicted octanol–water partition coefficient (Wildman–Crippen LogP) is 0.975. The molecule has 2 unspecified atom stereocenters. The molecule has 0 aromatic heterocycles. The molecule has 0 spiro atoms. The van der Waals surface area contributed by atoms with Gasteiger partial charge in [0.2, 0.25) is 0 Å². The zero-order valence-corrected chi connectivity index (χ0v) is 12.1. The van der Waals surface area contributed by atoms with Crippen LogP contribution in [-0.2, 0) is 4.79 Å². The Morgan fingerprint density at radius 3 is 2.68 bits per heavy atom. The van der Waals surface area contributed by atoms with Gasteiger partial charge >= 0.3 is 12.0 Å². The van der Waals surface area contributed by atoms with Gasteiger partial charge in [-0.2, -0.15) is 0 Å². The van der Waals surface area contributed by atoms with E-state index >= 15 is 0 Å². The fourth-order valence-corrected chi connectivity index (χ4v) is 2.40. The lowest BCUT2D eigenvalue weighted by molar-refractivity contribution is -0.137. The third-order valence-corrected chi connectivity index (χ3v) is 3.74. The van der Waals surface area contributed by atoms with Crippen LogP contribution in [0, 0.1) is 0 Å². The number of hydrogen-bond acceptors (Lipinski definition) is 3. The highest BCUT2D eigenvalue weighted by molar-refractivity contribution is 5.75. The average molecular weight is 271 g/mol. The van der Waals surface area contributed by atoms with Crippen molar-refractivity contribution in [3.8, 4) is 0 Å². The molecule has 1 aliphatic heterocycles. The number of aliphatic carboxylic acids is 1. The zero-order chi connectivity index (χ0) is 14.4. The number of carboxylic acids is 1. The predicted molar refractivity (Wildman–Crippen MR) is 73.1 cm³/mol. The Labute approximate surface area is 114 Å². The lowest BCUT2D eigenvalue weighted by Crippen LogP contribution is -2.47. The maximum absolute atomic E-state index is 12.0. The number of urea groups is 1. The van der Waals surface area contributed by atoms with Crippen molar-refractivity contribution in [1.29, 1.82) is 0 Å². The molecule has 0 aromatic rings. The molecule has 6 heteroatoms. The molecule has 0 aromatic carbocycles. The molecule has 2 N–H and O–H groups in total. The maximum Gasteiger partial charge on any atom is 0.317 e. The highest BCUT2D eigenvalue weighted by Gasteiger charge is 2.24. The second-order valence-corrected chi connectivity index (χ2v) is 5.31. The molecular weight excluding hydrogens is 246 g/mol. The summed E-state index contributed by atoms with van der Waals surface area (Å²) in [5.41, 5.74) is 0. The quantitative estimate of drug-likeness (QED) is 0.755. The molecule has 0 bridgehead atoms. The summed E-state index contributed by atoms with van der Waals surface area (Å²) in [5.74, 6) is -0.884. The van der Waals surface area contributed by atoms with Gasteiger partial charge < -0.3 is 20.2 Å². The Morgan fingerprint density at radius 2 is 2.21 bits per heavy atom. The molecule has 0 radical (unpaired) electrons. The minimum atomic E-state index is -0.884. The summed E-state index contributed by atoms with van der Waals surface area (Å²) < 4.78 is 0. The summed E-state index contributed by atoms with van der Waals surface area (Å²) in [6.45, 7) is 3.64. The van der Waals surface area contributed by atoms with Crippen LogP contribution in [0.4, 0.5) is 4.79 Å². The van der Waals surface area contributed by atoms with Crippen LogP contribution in [0.2, 0.25) is 0 Å². The van der Waals surface area contributed by atoms with Gasteiger partial charge in [-0.15, -0.1) is 0 Å². The minimum Gasteiger partial charge on any atom is -0.481 e. The van der Waals surface area contributed by atoms with Crippen molar-refractivity contribution < 1.29 is 14.7 Å². The van der Waals surface area contributed by atoms with Gasteiger partial charge in [0, 0.05) is 25.7 Å². The van der Waals surface area contributed by atoms with Crippen molar-refractivity contribution in [2.45, 2.75) is 44.7 Å². The molecule has 19 heavy (non-hydrogen) atoms. The number of likely N-dealkylation sites (tertiary alicyclic amines) is 1. The Balaban J connectivity index is 2.40. The van der Waals surface area contributed by atoms with Crippen molar-refractivity contribution in [2.24, 2.45) is 0 Å². The molecule has 1 saturated heterocycles. The number of hydrogen-bond donors (Lipinski definition) is 2. The Hall–Kier alpha value is -1.30. The van der Waals surface area contributed by atoms with Crippen LogP contribution >= 0.6 is 0 Å². The van der Waals surface area contributed by atoms with Gasteiger partial charge in [-0.25, -0.2) is 4.79 Å². The lowest BCUT2D eigenvalue weighted by Gasteiger charge is -2.27. The monoisotopic (exact) mass is 271 g/mol. The zero-order valence-electron chi connectivity index (χ0n) is 12.1. The van der Waals surface area contributed by atoms with E-state index in [0.29, 0.717) is 19.0 Å². The van der Waals surface area contributed by atoms with E-state index in [1.54, 1.807) is 11.9 Å². The SMILES string of the molecule is CCC(CC(=O)O)NC(=O)N(C)CC1CCCN1C. The molecule has 1 fully saturated rings. The fraction of sp³-hybridized carbons (Fsp3) is 0.846. The highest BCUT2D eigenvalue weighted by Crippen LogP contribution is 2.15. The van der Waals surface area contributed by atoms with Gasteiger partial charge in [0.25, 0.3) is 0 Å². The minimum absolute atomic E-state index is 0.0284. The summed E-state index contributed by atoms with van der Waals surface area (Å²) in [6, 6.07) is -0.0718. The average Bonchev–Trinajstić information content (AvgIpc) is 2.73. The van der Waals surface area contributed by atoms with Crippen LogP contribution in [0.15, 0.2) is 0 Å². The number of likely N-dealkylation sites (N-methyl/N-ethyl adjacent to an activating group) is 2. The Bertz CT molecular complexity index is 322. The molecule has 2 amide bonds. The molecule has 1 heterocycles. The number of rotatable bonds is 6. The lowest BCUT2D eigenvalue weighted by atomic mass is 10.1. The van der Waals surface area contributed by atoms with Crippen LogP contribution in [0.3, 0.4) is 0 Å². The number of amides is 2. The molecular formula is C13H25N3O3. The van der Waals surface area contributed by atoms with E-state index in [1.165, 1.54) is 6.42 Å². The normalized spacial score (nSPS) is 21.1.